The van der Waals surface area contributed by atoms with Gasteiger partial charge in [0.25, 0.3) is 0 Å². The molecular weight excluding hydrogens is 669 g/mol. The van der Waals surface area contributed by atoms with Crippen LogP contribution in [0, 0.1) is 35.5 Å². The molecule has 2 heterocycles. The third kappa shape index (κ3) is 15.4. The van der Waals surface area contributed by atoms with Crippen molar-refractivity contribution in [3.8, 4) is 33.3 Å². The summed E-state index contributed by atoms with van der Waals surface area (Å²) in [6.07, 6.45) is 18.0. The number of thiophene rings is 1. The maximum absolute atomic E-state index is 6.57. The monoisotopic (exact) mass is 741 g/mol. The summed E-state index contributed by atoms with van der Waals surface area (Å²) in [5, 5.41) is 2.10. The zero-order valence-electron chi connectivity index (χ0n) is 34.7. The van der Waals surface area contributed by atoms with E-state index in [2.05, 4.69) is 109 Å². The van der Waals surface area contributed by atoms with Crippen LogP contribution in [0.1, 0.15) is 145 Å². The van der Waals surface area contributed by atoms with Crippen LogP contribution in [-0.2, 0) is 0 Å². The van der Waals surface area contributed by atoms with Crippen LogP contribution in [-0.4, -0.2) is 23.2 Å². The van der Waals surface area contributed by atoms with E-state index in [1.54, 1.807) is 11.3 Å². The predicted octanol–water partition coefficient (Wildman–Crippen LogP) is 15.1. The first-order chi connectivity index (χ1) is 25.6. The third-order valence-corrected chi connectivity index (χ3v) is 11.9. The van der Waals surface area contributed by atoms with Gasteiger partial charge in [-0.15, -0.1) is 11.3 Å². The van der Waals surface area contributed by atoms with E-state index in [1.165, 1.54) is 77.0 Å². The molecule has 0 saturated heterocycles. The van der Waals surface area contributed by atoms with E-state index in [0.29, 0.717) is 25.0 Å². The zero-order valence-corrected chi connectivity index (χ0v) is 35.5. The smallest absolute Gasteiger partial charge is 0.163 e. The third-order valence-electron chi connectivity index (χ3n) is 11.0. The van der Waals surface area contributed by atoms with Crippen molar-refractivity contribution >= 4 is 22.4 Å². The number of hydrogen-bond donors (Lipinski definition) is 0. The molecule has 4 nitrogen and oxygen atoms in total. The molecule has 4 atom stereocenters. The fraction of sp³-hybridized carbons (Fsp3) is 0.625. The highest BCUT2D eigenvalue weighted by Gasteiger charge is 2.18. The van der Waals surface area contributed by atoms with Gasteiger partial charge in [-0.1, -0.05) is 169 Å². The highest BCUT2D eigenvalue weighted by atomic mass is 32.1. The van der Waals surface area contributed by atoms with Crippen LogP contribution in [0.15, 0.2) is 60.0 Å². The van der Waals surface area contributed by atoms with Gasteiger partial charge in [0.1, 0.15) is 5.69 Å². The molecule has 0 saturated carbocycles. The van der Waals surface area contributed by atoms with E-state index in [9.17, 15) is 0 Å². The summed E-state index contributed by atoms with van der Waals surface area (Å²) < 4.78 is 13.1. The molecule has 4 aromatic rings. The van der Waals surface area contributed by atoms with Crippen molar-refractivity contribution in [1.29, 1.82) is 0 Å². The Labute approximate surface area is 327 Å². The molecular formula is C48H72N2O2S. The number of ether oxygens (including phenoxy) is 2. The van der Waals surface area contributed by atoms with Gasteiger partial charge in [0, 0.05) is 17.7 Å². The van der Waals surface area contributed by atoms with Gasteiger partial charge in [0.15, 0.2) is 11.5 Å². The van der Waals surface area contributed by atoms with Crippen molar-refractivity contribution in [3.63, 3.8) is 0 Å². The molecule has 0 radical (unpaired) electrons. The summed E-state index contributed by atoms with van der Waals surface area (Å²) >= 11 is 1.70. The van der Waals surface area contributed by atoms with Gasteiger partial charge >= 0.3 is 0 Å². The van der Waals surface area contributed by atoms with Crippen LogP contribution in [0.2, 0.25) is 0 Å². The first-order valence-electron chi connectivity index (χ1n) is 21.3. The molecule has 0 aliphatic carbocycles. The van der Waals surface area contributed by atoms with Crippen LogP contribution in [0.3, 0.4) is 0 Å². The van der Waals surface area contributed by atoms with Gasteiger partial charge in [-0.25, -0.2) is 9.97 Å². The Hall–Kier alpha value is -2.92. The van der Waals surface area contributed by atoms with Crippen molar-refractivity contribution < 1.29 is 9.47 Å². The number of nitrogens with zero attached hydrogens (tertiary/aromatic N) is 2. The minimum Gasteiger partial charge on any atom is -0.490 e. The molecule has 4 rings (SSSR count). The summed E-state index contributed by atoms with van der Waals surface area (Å²) in [4.78, 5) is 11.6. The summed E-state index contributed by atoms with van der Waals surface area (Å²) in [7, 11) is 0. The number of fused-ring (bicyclic) bond motifs is 1. The Morgan fingerprint density at radius 1 is 0.491 bits per heavy atom. The van der Waals surface area contributed by atoms with Gasteiger partial charge in [-0.2, -0.15) is 0 Å². The van der Waals surface area contributed by atoms with Crippen LogP contribution < -0.4 is 9.47 Å². The highest BCUT2D eigenvalue weighted by molar-refractivity contribution is 7.13. The molecule has 0 fully saturated rings. The lowest BCUT2D eigenvalue weighted by molar-refractivity contribution is 0.237. The maximum atomic E-state index is 6.57. The van der Waals surface area contributed by atoms with E-state index >= 15 is 0 Å². The quantitative estimate of drug-likeness (QED) is 0.0643. The van der Waals surface area contributed by atoms with Crippen LogP contribution in [0.5, 0.6) is 11.5 Å². The van der Waals surface area contributed by atoms with Crippen molar-refractivity contribution in [3.05, 3.63) is 60.0 Å². The molecule has 0 aliphatic rings. The zero-order chi connectivity index (χ0) is 38.0. The lowest BCUT2D eigenvalue weighted by Gasteiger charge is -2.18. The standard InChI is InChI=1S/C48H72N2O2S/c1-35(2)17-12-19-37(5)21-14-23-39(7)28-30-51-44-33-42-43(50-48(46-27-16-32-53-46)47(49-42)41-25-10-9-11-26-41)34-45(44)52-31-29-40(8)24-15-22-38(6)20-13-18-36(3)4/h9-11,16,25-27,32-40H,12-15,17-24,28-31H2,1-8H3/t37-,38-,39-,40-/m0/s1. The Balaban J connectivity index is 1.42. The average molecular weight is 741 g/mol. The summed E-state index contributed by atoms with van der Waals surface area (Å²) in [6.45, 7) is 20.3. The molecule has 292 valence electrons. The molecule has 0 aliphatic heterocycles. The maximum Gasteiger partial charge on any atom is 0.163 e. The lowest BCUT2D eigenvalue weighted by Crippen LogP contribution is -2.09. The van der Waals surface area contributed by atoms with Crippen molar-refractivity contribution in [2.24, 2.45) is 35.5 Å². The fourth-order valence-electron chi connectivity index (χ4n) is 7.37. The number of benzene rings is 2. The lowest BCUT2D eigenvalue weighted by atomic mass is 9.93. The largest absolute Gasteiger partial charge is 0.490 e. The van der Waals surface area contributed by atoms with E-state index in [-0.39, 0.29) is 0 Å². The number of rotatable bonds is 26. The Bertz CT molecular complexity index is 1570. The molecule has 0 unspecified atom stereocenters. The summed E-state index contributed by atoms with van der Waals surface area (Å²) in [5.74, 6) is 6.09. The van der Waals surface area contributed by atoms with Crippen LogP contribution >= 0.6 is 11.3 Å². The summed E-state index contributed by atoms with van der Waals surface area (Å²) in [5.41, 5.74) is 4.55. The SMILES string of the molecule is CC(C)CCC[C@H](C)CCC[C@H](C)CCOc1cc2nc(-c3ccccc3)c(-c3cccs3)nc2cc1OCC[C@@H](C)CCC[C@@H](C)CCCC(C)C. The first kappa shape index (κ1) is 42.8. The van der Waals surface area contributed by atoms with E-state index < -0.39 is 0 Å². The van der Waals surface area contributed by atoms with Crippen molar-refractivity contribution in [2.75, 3.05) is 13.2 Å². The van der Waals surface area contributed by atoms with E-state index in [1.807, 2.05) is 6.07 Å². The van der Waals surface area contributed by atoms with Gasteiger partial charge < -0.3 is 9.47 Å². The minimum atomic E-state index is 0.624. The second kappa shape index (κ2) is 23.1. The molecule has 53 heavy (non-hydrogen) atoms. The summed E-state index contributed by atoms with van der Waals surface area (Å²) in [6, 6.07) is 18.7. The van der Waals surface area contributed by atoms with Gasteiger partial charge in [0.05, 0.1) is 34.8 Å². The van der Waals surface area contributed by atoms with E-state index in [0.717, 1.165) is 80.9 Å². The fourth-order valence-corrected chi connectivity index (χ4v) is 8.08. The van der Waals surface area contributed by atoms with Crippen LogP contribution in [0.25, 0.3) is 32.9 Å². The second-order valence-electron chi connectivity index (χ2n) is 17.3. The van der Waals surface area contributed by atoms with Crippen molar-refractivity contribution in [2.45, 2.75) is 145 Å². The molecule has 0 bridgehead atoms. The van der Waals surface area contributed by atoms with Crippen LogP contribution in [0.4, 0.5) is 0 Å². The number of hydrogen-bond acceptors (Lipinski definition) is 5. The second-order valence-corrected chi connectivity index (χ2v) is 18.2. The number of aromatic nitrogens is 2. The Morgan fingerprint density at radius 3 is 1.36 bits per heavy atom. The molecule has 5 heteroatoms. The molecule has 0 N–H and O–H groups in total. The Kier molecular flexibility index (Phi) is 18.7. The molecule has 2 aromatic carbocycles. The molecule has 2 aromatic heterocycles. The van der Waals surface area contributed by atoms with Crippen molar-refractivity contribution in [1.82, 2.24) is 9.97 Å². The van der Waals surface area contributed by atoms with Gasteiger partial charge in [-0.05, 0) is 59.8 Å². The minimum absolute atomic E-state index is 0.624. The highest BCUT2D eigenvalue weighted by Crippen LogP contribution is 2.38. The first-order valence-corrected chi connectivity index (χ1v) is 22.2. The van der Waals surface area contributed by atoms with Gasteiger partial charge in [-0.3, -0.25) is 0 Å². The topological polar surface area (TPSA) is 44.2 Å². The Morgan fingerprint density at radius 2 is 0.925 bits per heavy atom. The molecule has 0 amide bonds. The normalized spacial score (nSPS) is 14.2. The molecule has 0 spiro atoms. The van der Waals surface area contributed by atoms with Gasteiger partial charge in [0.2, 0.25) is 0 Å². The average Bonchev–Trinajstić information content (AvgIpc) is 3.66. The predicted molar refractivity (Wildman–Crippen MR) is 230 cm³/mol. The van der Waals surface area contributed by atoms with E-state index in [4.69, 9.17) is 19.4 Å².